The molecular formula is C8H13BrF3NO. The lowest BCUT2D eigenvalue weighted by molar-refractivity contribution is -0.131. The van der Waals surface area contributed by atoms with E-state index in [0.717, 1.165) is 12.8 Å². The van der Waals surface area contributed by atoms with Crippen LogP contribution in [-0.4, -0.2) is 46.7 Å². The average Bonchev–Trinajstić information content (AvgIpc) is 2.50. The van der Waals surface area contributed by atoms with Crippen LogP contribution < -0.4 is 0 Å². The minimum atomic E-state index is -4.21. The molecule has 0 aromatic heterocycles. The predicted molar refractivity (Wildman–Crippen MR) is 50.5 cm³/mol. The van der Waals surface area contributed by atoms with Crippen molar-refractivity contribution in [3.63, 3.8) is 0 Å². The van der Waals surface area contributed by atoms with Crippen LogP contribution >= 0.6 is 15.9 Å². The standard InChI is InChI=1S/C8H13BrF3NO/c9-7(8(10,11)12)4-13-3-1-2-6(13)5-14/h6-7,14H,1-5H2. The topological polar surface area (TPSA) is 23.5 Å². The molecule has 6 heteroatoms. The van der Waals surface area contributed by atoms with E-state index in [9.17, 15) is 13.2 Å². The summed E-state index contributed by atoms with van der Waals surface area (Å²) in [6, 6.07) is -0.0996. The maximum atomic E-state index is 12.2. The van der Waals surface area contributed by atoms with Crippen molar-refractivity contribution in [1.82, 2.24) is 4.90 Å². The molecule has 0 aromatic rings. The number of likely N-dealkylation sites (tertiary alicyclic amines) is 1. The highest BCUT2D eigenvalue weighted by atomic mass is 79.9. The zero-order chi connectivity index (χ0) is 10.8. The summed E-state index contributed by atoms with van der Waals surface area (Å²) in [6.45, 7) is 0.510. The van der Waals surface area contributed by atoms with Crippen LogP contribution in [0, 0.1) is 0 Å². The number of halogens is 4. The van der Waals surface area contributed by atoms with Gasteiger partial charge in [-0.2, -0.15) is 13.2 Å². The summed E-state index contributed by atoms with van der Waals surface area (Å²) in [7, 11) is 0. The molecule has 84 valence electrons. The first-order chi connectivity index (χ1) is 6.45. The van der Waals surface area contributed by atoms with E-state index in [1.54, 1.807) is 4.90 Å². The molecule has 1 aliphatic heterocycles. The molecule has 0 radical (unpaired) electrons. The molecule has 1 rings (SSSR count). The molecule has 1 aliphatic rings. The number of rotatable bonds is 3. The Bertz CT molecular complexity index is 188. The molecule has 2 atom stereocenters. The average molecular weight is 276 g/mol. The summed E-state index contributed by atoms with van der Waals surface area (Å²) in [5.74, 6) is 0. The fourth-order valence-electron chi connectivity index (χ4n) is 1.65. The third-order valence-electron chi connectivity index (χ3n) is 2.46. The molecule has 0 aromatic carbocycles. The molecule has 1 saturated heterocycles. The van der Waals surface area contributed by atoms with Crippen LogP contribution in [0.2, 0.25) is 0 Å². The van der Waals surface area contributed by atoms with Crippen LogP contribution in [0.1, 0.15) is 12.8 Å². The Morgan fingerprint density at radius 2 is 2.14 bits per heavy atom. The molecule has 1 N–H and O–H groups in total. The van der Waals surface area contributed by atoms with Gasteiger partial charge in [0.15, 0.2) is 0 Å². The summed E-state index contributed by atoms with van der Waals surface area (Å²) in [4.78, 5) is 0.189. The van der Waals surface area contributed by atoms with E-state index in [0.29, 0.717) is 6.54 Å². The van der Waals surface area contributed by atoms with Crippen molar-refractivity contribution in [3.8, 4) is 0 Å². The lowest BCUT2D eigenvalue weighted by Crippen LogP contribution is -2.41. The Balaban J connectivity index is 2.43. The van der Waals surface area contributed by atoms with Gasteiger partial charge in [0, 0.05) is 12.6 Å². The van der Waals surface area contributed by atoms with E-state index in [-0.39, 0.29) is 19.2 Å². The first-order valence-corrected chi connectivity index (χ1v) is 5.42. The van der Waals surface area contributed by atoms with Gasteiger partial charge in [-0.05, 0) is 19.4 Å². The van der Waals surface area contributed by atoms with Gasteiger partial charge in [-0.3, -0.25) is 4.90 Å². The van der Waals surface area contributed by atoms with E-state index in [4.69, 9.17) is 5.11 Å². The fraction of sp³-hybridized carbons (Fsp3) is 1.00. The van der Waals surface area contributed by atoms with Crippen molar-refractivity contribution in [2.45, 2.75) is 29.9 Å². The summed E-state index contributed by atoms with van der Waals surface area (Å²) in [5.41, 5.74) is 0. The monoisotopic (exact) mass is 275 g/mol. The number of aliphatic hydroxyl groups is 1. The van der Waals surface area contributed by atoms with E-state index in [1.165, 1.54) is 0 Å². The van der Waals surface area contributed by atoms with Crippen LogP contribution in [0.4, 0.5) is 13.2 Å². The maximum absolute atomic E-state index is 12.2. The van der Waals surface area contributed by atoms with Crippen molar-refractivity contribution >= 4 is 15.9 Å². The largest absolute Gasteiger partial charge is 0.402 e. The summed E-state index contributed by atoms with van der Waals surface area (Å²) in [6.07, 6.45) is -2.56. The fourth-order valence-corrected chi connectivity index (χ4v) is 2.02. The Labute approximate surface area is 89.2 Å². The van der Waals surface area contributed by atoms with Gasteiger partial charge < -0.3 is 5.11 Å². The summed E-state index contributed by atoms with van der Waals surface area (Å²) < 4.78 is 36.6. The van der Waals surface area contributed by atoms with Gasteiger partial charge in [-0.25, -0.2) is 0 Å². The molecule has 0 amide bonds. The number of alkyl halides is 4. The third-order valence-corrected chi connectivity index (χ3v) is 3.27. The normalized spacial score (nSPS) is 26.8. The van der Waals surface area contributed by atoms with E-state index in [2.05, 4.69) is 15.9 Å². The second-order valence-electron chi connectivity index (χ2n) is 3.48. The van der Waals surface area contributed by atoms with Gasteiger partial charge in [0.05, 0.1) is 6.61 Å². The van der Waals surface area contributed by atoms with Gasteiger partial charge >= 0.3 is 6.18 Å². The van der Waals surface area contributed by atoms with Gasteiger partial charge in [0.2, 0.25) is 0 Å². The molecule has 1 fully saturated rings. The number of nitrogens with zero attached hydrogens (tertiary/aromatic N) is 1. The van der Waals surface area contributed by atoms with Crippen molar-refractivity contribution in [1.29, 1.82) is 0 Å². The minimum absolute atomic E-state index is 0.0580. The molecule has 2 nitrogen and oxygen atoms in total. The maximum Gasteiger partial charge on any atom is 0.402 e. The molecule has 0 bridgehead atoms. The molecule has 0 saturated carbocycles. The first kappa shape index (κ1) is 12.3. The smallest absolute Gasteiger partial charge is 0.395 e. The number of hydrogen-bond acceptors (Lipinski definition) is 2. The van der Waals surface area contributed by atoms with Crippen LogP contribution in [0.5, 0.6) is 0 Å². The molecule has 14 heavy (non-hydrogen) atoms. The molecular weight excluding hydrogens is 263 g/mol. The SMILES string of the molecule is OCC1CCCN1CC(Br)C(F)(F)F. The summed E-state index contributed by atoms with van der Waals surface area (Å²) >= 11 is 2.62. The highest BCUT2D eigenvalue weighted by Gasteiger charge is 2.40. The van der Waals surface area contributed by atoms with Gasteiger partial charge in [-0.1, -0.05) is 15.9 Å². The number of hydrogen-bond donors (Lipinski definition) is 1. The van der Waals surface area contributed by atoms with Crippen LogP contribution in [-0.2, 0) is 0 Å². The number of aliphatic hydroxyl groups excluding tert-OH is 1. The quantitative estimate of drug-likeness (QED) is 0.794. The van der Waals surface area contributed by atoms with Crippen molar-refractivity contribution in [3.05, 3.63) is 0 Å². The zero-order valence-corrected chi connectivity index (χ0v) is 9.18. The lowest BCUT2D eigenvalue weighted by atomic mass is 10.2. The third kappa shape index (κ3) is 3.10. The molecule has 2 unspecified atom stereocenters. The van der Waals surface area contributed by atoms with Crippen molar-refractivity contribution in [2.24, 2.45) is 0 Å². The van der Waals surface area contributed by atoms with Gasteiger partial charge in [0.1, 0.15) is 4.83 Å². The Kier molecular flexibility index (Phi) is 4.21. The zero-order valence-electron chi connectivity index (χ0n) is 7.60. The van der Waals surface area contributed by atoms with E-state index < -0.39 is 11.0 Å². The highest BCUT2D eigenvalue weighted by molar-refractivity contribution is 9.09. The van der Waals surface area contributed by atoms with Crippen molar-refractivity contribution < 1.29 is 18.3 Å². The van der Waals surface area contributed by atoms with Crippen LogP contribution in [0.15, 0.2) is 0 Å². The highest BCUT2D eigenvalue weighted by Crippen LogP contribution is 2.29. The summed E-state index contributed by atoms with van der Waals surface area (Å²) in [5, 5.41) is 8.91. The lowest BCUT2D eigenvalue weighted by Gasteiger charge is -2.26. The Morgan fingerprint density at radius 1 is 1.50 bits per heavy atom. The molecule has 1 heterocycles. The van der Waals surface area contributed by atoms with Crippen LogP contribution in [0.3, 0.4) is 0 Å². The van der Waals surface area contributed by atoms with E-state index in [1.807, 2.05) is 0 Å². The minimum Gasteiger partial charge on any atom is -0.395 e. The second kappa shape index (κ2) is 4.81. The second-order valence-corrected chi connectivity index (χ2v) is 4.59. The predicted octanol–water partition coefficient (Wildman–Crippen LogP) is 1.77. The Morgan fingerprint density at radius 3 is 2.64 bits per heavy atom. The van der Waals surface area contributed by atoms with Crippen LogP contribution in [0.25, 0.3) is 0 Å². The van der Waals surface area contributed by atoms with Crippen molar-refractivity contribution in [2.75, 3.05) is 19.7 Å². The van der Waals surface area contributed by atoms with E-state index >= 15 is 0 Å². The Hall–Kier alpha value is 0.190. The van der Waals surface area contributed by atoms with Gasteiger partial charge in [0.25, 0.3) is 0 Å². The molecule has 0 spiro atoms. The van der Waals surface area contributed by atoms with Gasteiger partial charge in [-0.15, -0.1) is 0 Å². The molecule has 0 aliphatic carbocycles. The first-order valence-electron chi connectivity index (χ1n) is 4.51.